The summed E-state index contributed by atoms with van der Waals surface area (Å²) in [5.41, 5.74) is 0.612. The van der Waals surface area contributed by atoms with Gasteiger partial charge in [-0.1, -0.05) is 11.6 Å². The van der Waals surface area contributed by atoms with Crippen LogP contribution in [0.25, 0.3) is 22.3 Å². The van der Waals surface area contributed by atoms with Gasteiger partial charge < -0.3 is 25.9 Å². The highest BCUT2D eigenvalue weighted by atomic mass is 35.5. The molecule has 0 saturated heterocycles. The third kappa shape index (κ3) is 5.56. The number of nitrogens with zero attached hydrogens (tertiary/aromatic N) is 2. The van der Waals surface area contributed by atoms with Crippen LogP contribution in [0.3, 0.4) is 0 Å². The van der Waals surface area contributed by atoms with E-state index < -0.39 is 48.1 Å². The van der Waals surface area contributed by atoms with Crippen molar-refractivity contribution in [2.45, 2.75) is 25.1 Å². The molecule has 3 heterocycles. The highest BCUT2D eigenvalue weighted by Crippen LogP contribution is 2.42. The van der Waals surface area contributed by atoms with Crippen molar-refractivity contribution >= 4 is 34.4 Å². The molecule has 40 heavy (non-hydrogen) atoms. The molecule has 0 fully saturated rings. The molecular weight excluding hydrogens is 558 g/mol. The lowest BCUT2D eigenvalue weighted by atomic mass is 9.93. The van der Waals surface area contributed by atoms with Crippen LogP contribution in [0.5, 0.6) is 5.75 Å². The van der Waals surface area contributed by atoms with Crippen molar-refractivity contribution in [2.24, 2.45) is 5.73 Å². The molecule has 4 rings (SSSR count). The van der Waals surface area contributed by atoms with Crippen molar-refractivity contribution in [3.05, 3.63) is 76.5 Å². The number of aromatic nitrogens is 3. The number of fused-ring (bicyclic) bond motifs is 1. The Balaban J connectivity index is 1.81. The Kier molecular flexibility index (Phi) is 7.98. The zero-order chi connectivity index (χ0) is 29.2. The molecule has 210 valence electrons. The van der Waals surface area contributed by atoms with Crippen molar-refractivity contribution in [3.8, 4) is 17.0 Å². The van der Waals surface area contributed by atoms with E-state index in [0.717, 1.165) is 24.4 Å². The molecule has 0 aliphatic rings. The SMILES string of the molecule is CCOc1c(CC(N)=O)cc([C@@](O)(CNC(=O)c2cnc3[nH]ccc3c2Cl)C(F)(F)F)nc1-c1ccc(F)cc1. The lowest BCUT2D eigenvalue weighted by Crippen LogP contribution is -2.51. The summed E-state index contributed by atoms with van der Waals surface area (Å²) in [4.78, 5) is 35.5. The lowest BCUT2D eigenvalue weighted by Gasteiger charge is -2.31. The molecule has 3 aromatic heterocycles. The molecule has 0 spiro atoms. The van der Waals surface area contributed by atoms with E-state index in [-0.39, 0.29) is 39.8 Å². The number of amides is 2. The highest BCUT2D eigenvalue weighted by molar-refractivity contribution is 6.38. The zero-order valence-corrected chi connectivity index (χ0v) is 21.5. The molecule has 9 nitrogen and oxygen atoms in total. The second kappa shape index (κ2) is 11.1. The van der Waals surface area contributed by atoms with Gasteiger partial charge in [-0.15, -0.1) is 0 Å². The first-order valence-electron chi connectivity index (χ1n) is 11.8. The number of primary amides is 1. The van der Waals surface area contributed by atoms with Crippen LogP contribution in [-0.4, -0.2) is 51.2 Å². The first-order chi connectivity index (χ1) is 18.9. The molecule has 2 amide bonds. The summed E-state index contributed by atoms with van der Waals surface area (Å²) in [6.45, 7) is 0.264. The number of hydrogen-bond acceptors (Lipinski definition) is 6. The van der Waals surface area contributed by atoms with Crippen LogP contribution in [0.2, 0.25) is 5.02 Å². The number of aromatic amines is 1. The van der Waals surface area contributed by atoms with Crippen LogP contribution in [0.4, 0.5) is 17.6 Å². The van der Waals surface area contributed by atoms with Crippen molar-refractivity contribution in [2.75, 3.05) is 13.2 Å². The maximum absolute atomic E-state index is 14.5. The van der Waals surface area contributed by atoms with Gasteiger partial charge in [0, 0.05) is 28.9 Å². The number of carbonyl (C=O) groups excluding carboxylic acids is 2. The van der Waals surface area contributed by atoms with Gasteiger partial charge in [0.2, 0.25) is 11.5 Å². The van der Waals surface area contributed by atoms with Gasteiger partial charge in [0.25, 0.3) is 5.91 Å². The van der Waals surface area contributed by atoms with Crippen molar-refractivity contribution < 1.29 is 37.0 Å². The molecule has 1 atom stereocenters. The lowest BCUT2D eigenvalue weighted by molar-refractivity contribution is -0.265. The summed E-state index contributed by atoms with van der Waals surface area (Å²) in [6, 6.07) is 6.99. The molecule has 0 bridgehead atoms. The first kappa shape index (κ1) is 28.8. The zero-order valence-electron chi connectivity index (χ0n) is 20.8. The van der Waals surface area contributed by atoms with Gasteiger partial charge in [-0.05, 0) is 43.3 Å². The summed E-state index contributed by atoms with van der Waals surface area (Å²) < 4.78 is 62.6. The predicted octanol–water partition coefficient (Wildman–Crippen LogP) is 4.02. The topological polar surface area (TPSA) is 143 Å². The van der Waals surface area contributed by atoms with Crippen LogP contribution in [0, 0.1) is 5.82 Å². The maximum atomic E-state index is 14.5. The van der Waals surface area contributed by atoms with Gasteiger partial charge in [0.15, 0.2) is 0 Å². The Hall–Kier alpha value is -4.23. The van der Waals surface area contributed by atoms with Crippen LogP contribution >= 0.6 is 11.6 Å². The summed E-state index contributed by atoms with van der Waals surface area (Å²) in [5, 5.41) is 13.4. The van der Waals surface area contributed by atoms with Gasteiger partial charge in [-0.2, -0.15) is 13.2 Å². The molecule has 0 aliphatic heterocycles. The molecule has 14 heteroatoms. The third-order valence-electron chi connectivity index (χ3n) is 5.98. The summed E-state index contributed by atoms with van der Waals surface area (Å²) in [7, 11) is 0. The normalized spacial score (nSPS) is 13.2. The maximum Gasteiger partial charge on any atom is 0.424 e. The van der Waals surface area contributed by atoms with E-state index in [4.69, 9.17) is 22.1 Å². The van der Waals surface area contributed by atoms with Crippen LogP contribution in [-0.2, 0) is 16.8 Å². The molecule has 1 aromatic carbocycles. The number of aliphatic hydroxyl groups is 1. The van der Waals surface area contributed by atoms with Gasteiger partial charge in [0.1, 0.15) is 22.9 Å². The minimum atomic E-state index is -5.36. The van der Waals surface area contributed by atoms with Crippen molar-refractivity contribution in [3.63, 3.8) is 0 Å². The van der Waals surface area contributed by atoms with E-state index in [1.807, 2.05) is 0 Å². The predicted molar refractivity (Wildman–Crippen MR) is 137 cm³/mol. The number of nitrogens with two attached hydrogens (primary N) is 1. The van der Waals surface area contributed by atoms with Crippen LogP contribution < -0.4 is 15.8 Å². The average Bonchev–Trinajstić information content (AvgIpc) is 3.38. The highest BCUT2D eigenvalue weighted by Gasteiger charge is 2.56. The van der Waals surface area contributed by atoms with E-state index in [1.165, 1.54) is 24.4 Å². The quantitative estimate of drug-likeness (QED) is 0.221. The Labute approximate surface area is 229 Å². The molecule has 0 radical (unpaired) electrons. The average molecular weight is 580 g/mol. The Morgan fingerprint density at radius 1 is 1.20 bits per heavy atom. The van der Waals surface area contributed by atoms with Crippen molar-refractivity contribution in [1.82, 2.24) is 20.3 Å². The number of halogens is 5. The number of alkyl halides is 3. The molecule has 5 N–H and O–H groups in total. The number of benzene rings is 1. The fourth-order valence-electron chi connectivity index (χ4n) is 4.00. The number of pyridine rings is 2. The smallest absolute Gasteiger partial charge is 0.424 e. The van der Waals surface area contributed by atoms with Gasteiger partial charge >= 0.3 is 6.18 Å². The van der Waals surface area contributed by atoms with E-state index in [1.54, 1.807) is 6.92 Å². The number of nitrogens with one attached hydrogen (secondary N) is 2. The Morgan fingerprint density at radius 3 is 2.52 bits per heavy atom. The largest absolute Gasteiger partial charge is 0.491 e. The number of hydrogen-bond donors (Lipinski definition) is 4. The summed E-state index contributed by atoms with van der Waals surface area (Å²) in [6.07, 6.45) is -3.32. The Morgan fingerprint density at radius 2 is 1.90 bits per heavy atom. The number of rotatable bonds is 9. The van der Waals surface area contributed by atoms with E-state index >= 15 is 0 Å². The fourth-order valence-corrected chi connectivity index (χ4v) is 4.29. The number of H-pyrrole nitrogens is 1. The minimum Gasteiger partial charge on any atom is -0.491 e. The monoisotopic (exact) mass is 579 g/mol. The van der Waals surface area contributed by atoms with Gasteiger partial charge in [0.05, 0.1) is 35.9 Å². The minimum absolute atomic E-state index is 0.0425. The van der Waals surface area contributed by atoms with E-state index in [9.17, 15) is 32.3 Å². The van der Waals surface area contributed by atoms with E-state index in [2.05, 4.69) is 20.3 Å². The Bertz CT molecular complexity index is 1580. The standard InChI is InChI=1S/C26H22ClF4N5O4/c1-2-40-22-14(10-19(32)37)9-18(36-21(22)13-3-5-15(28)6-4-13)25(39,26(29,30)31)12-35-24(38)17-11-34-23-16(20(17)27)7-8-33-23/h3-9,11,39H,2,10,12H2,1H3,(H2,32,37)(H,33,34)(H,35,38)/t25-/m0/s1. The number of carbonyl (C=O) groups is 2. The van der Waals surface area contributed by atoms with E-state index in [0.29, 0.717) is 11.0 Å². The first-order valence-corrected chi connectivity index (χ1v) is 12.1. The molecule has 0 unspecified atom stereocenters. The summed E-state index contributed by atoms with van der Waals surface area (Å²) >= 11 is 6.25. The van der Waals surface area contributed by atoms with Crippen LogP contribution in [0.1, 0.15) is 28.5 Å². The number of ether oxygens (including phenoxy) is 1. The second-order valence-corrected chi connectivity index (χ2v) is 9.07. The third-order valence-corrected chi connectivity index (χ3v) is 6.39. The molecule has 0 aliphatic carbocycles. The van der Waals surface area contributed by atoms with Gasteiger partial charge in [-0.3, -0.25) is 9.59 Å². The van der Waals surface area contributed by atoms with Crippen molar-refractivity contribution in [1.29, 1.82) is 0 Å². The van der Waals surface area contributed by atoms with Gasteiger partial charge in [-0.25, -0.2) is 14.4 Å². The second-order valence-electron chi connectivity index (χ2n) is 8.69. The molecular formula is C26H22ClF4N5O4. The fraction of sp³-hybridized carbons (Fsp3) is 0.231. The van der Waals surface area contributed by atoms with Crippen LogP contribution in [0.15, 0.2) is 48.8 Å². The molecule has 4 aromatic rings. The summed E-state index contributed by atoms with van der Waals surface area (Å²) in [5.74, 6) is -2.61. The molecule has 0 saturated carbocycles.